The predicted octanol–water partition coefficient (Wildman–Crippen LogP) is 6.87. The van der Waals surface area contributed by atoms with Crippen LogP contribution in [0.4, 0.5) is 8.78 Å². The summed E-state index contributed by atoms with van der Waals surface area (Å²) in [5, 5.41) is 0. The molecule has 0 aliphatic heterocycles. The summed E-state index contributed by atoms with van der Waals surface area (Å²) in [7, 11) is 0. The molecule has 0 bridgehead atoms. The van der Waals surface area contributed by atoms with Gasteiger partial charge in [0.2, 0.25) is 6.86 Å². The Bertz CT molecular complexity index is 673. The highest BCUT2D eigenvalue weighted by Gasteiger charge is 2.22. The molecule has 0 heterocycles. The molecular formula is C22H26F2O. The van der Waals surface area contributed by atoms with Crippen molar-refractivity contribution < 1.29 is 13.5 Å². The number of ether oxygens (including phenoxy) is 1. The molecule has 0 amide bonds. The molecule has 0 saturated heterocycles. The van der Waals surface area contributed by atoms with Crippen molar-refractivity contribution in [1.29, 1.82) is 0 Å². The molecule has 0 unspecified atom stereocenters. The number of halogens is 2. The minimum atomic E-state index is -0.858. The lowest BCUT2D eigenvalue weighted by molar-refractivity contribution is 0.192. The van der Waals surface area contributed by atoms with Crippen molar-refractivity contribution in [3.8, 4) is 16.9 Å². The molecule has 0 spiro atoms. The zero-order chi connectivity index (χ0) is 17.6. The lowest BCUT2D eigenvalue weighted by Gasteiger charge is -2.28. The molecule has 3 rings (SSSR count). The second-order valence-corrected chi connectivity index (χ2v) is 7.02. The number of benzene rings is 2. The van der Waals surface area contributed by atoms with E-state index in [9.17, 15) is 8.78 Å². The van der Waals surface area contributed by atoms with Crippen LogP contribution in [-0.2, 0) is 0 Å². The van der Waals surface area contributed by atoms with Crippen LogP contribution in [0.15, 0.2) is 42.5 Å². The molecule has 2 aromatic rings. The van der Waals surface area contributed by atoms with E-state index in [-0.39, 0.29) is 5.82 Å². The van der Waals surface area contributed by atoms with Gasteiger partial charge in [-0.15, -0.1) is 0 Å². The van der Waals surface area contributed by atoms with Gasteiger partial charge >= 0.3 is 0 Å². The Morgan fingerprint density at radius 3 is 2.32 bits per heavy atom. The first-order valence-corrected chi connectivity index (χ1v) is 9.30. The zero-order valence-corrected chi connectivity index (χ0v) is 14.8. The van der Waals surface area contributed by atoms with Crippen molar-refractivity contribution in [2.24, 2.45) is 5.92 Å². The maximum atomic E-state index is 14.6. The van der Waals surface area contributed by atoms with Gasteiger partial charge in [-0.2, -0.15) is 0 Å². The van der Waals surface area contributed by atoms with Gasteiger partial charge in [-0.1, -0.05) is 44.0 Å². The first-order chi connectivity index (χ1) is 12.2. The largest absolute Gasteiger partial charge is 0.463 e. The van der Waals surface area contributed by atoms with Crippen LogP contribution in [0.25, 0.3) is 11.1 Å². The van der Waals surface area contributed by atoms with Gasteiger partial charge in [-0.25, -0.2) is 8.78 Å². The minimum Gasteiger partial charge on any atom is -0.463 e. The van der Waals surface area contributed by atoms with Crippen LogP contribution >= 0.6 is 0 Å². The number of hydrogen-bond acceptors (Lipinski definition) is 1. The third kappa shape index (κ3) is 4.39. The van der Waals surface area contributed by atoms with E-state index in [1.54, 1.807) is 30.3 Å². The molecule has 1 saturated carbocycles. The van der Waals surface area contributed by atoms with Crippen molar-refractivity contribution >= 4 is 0 Å². The lowest BCUT2D eigenvalue weighted by atomic mass is 9.77. The van der Waals surface area contributed by atoms with Crippen molar-refractivity contribution in [3.63, 3.8) is 0 Å². The standard InChI is InChI=1S/C22H26F2O/c1-2-3-16-4-6-17(7-5-16)19-10-13-21(22(24)14-19)18-8-11-20(12-9-18)25-15-23/h8-14,16-17H,2-7,15H2,1H3. The van der Waals surface area contributed by atoms with Crippen LogP contribution in [0, 0.1) is 11.7 Å². The van der Waals surface area contributed by atoms with Crippen LogP contribution < -0.4 is 4.74 Å². The molecule has 2 aromatic carbocycles. The van der Waals surface area contributed by atoms with Gasteiger partial charge in [-0.3, -0.25) is 0 Å². The van der Waals surface area contributed by atoms with Crippen molar-refractivity contribution in [2.75, 3.05) is 6.86 Å². The van der Waals surface area contributed by atoms with Gasteiger partial charge in [0.25, 0.3) is 0 Å². The molecule has 3 heteroatoms. The summed E-state index contributed by atoms with van der Waals surface area (Å²) in [4.78, 5) is 0. The smallest absolute Gasteiger partial charge is 0.228 e. The quantitative estimate of drug-likeness (QED) is 0.555. The Kier molecular flexibility index (Phi) is 6.06. The average Bonchev–Trinajstić information content (AvgIpc) is 2.64. The van der Waals surface area contributed by atoms with Gasteiger partial charge in [0.15, 0.2) is 0 Å². The topological polar surface area (TPSA) is 9.23 Å². The molecule has 0 N–H and O–H groups in total. The van der Waals surface area contributed by atoms with Crippen molar-refractivity contribution in [2.45, 2.75) is 51.4 Å². The van der Waals surface area contributed by atoms with Crippen LogP contribution in [0.2, 0.25) is 0 Å². The number of rotatable bonds is 6. The summed E-state index contributed by atoms with van der Waals surface area (Å²) in [5.41, 5.74) is 2.48. The molecule has 1 aliphatic rings. The van der Waals surface area contributed by atoms with E-state index in [1.807, 2.05) is 6.07 Å². The van der Waals surface area contributed by atoms with Gasteiger partial charge in [0.1, 0.15) is 11.6 Å². The monoisotopic (exact) mass is 344 g/mol. The zero-order valence-electron chi connectivity index (χ0n) is 14.8. The fourth-order valence-electron chi connectivity index (χ4n) is 4.01. The Labute approximate surface area is 149 Å². The molecule has 25 heavy (non-hydrogen) atoms. The van der Waals surface area contributed by atoms with Crippen molar-refractivity contribution in [3.05, 3.63) is 53.8 Å². The fraction of sp³-hybridized carbons (Fsp3) is 0.455. The molecule has 1 fully saturated rings. The first-order valence-electron chi connectivity index (χ1n) is 9.30. The van der Waals surface area contributed by atoms with E-state index in [2.05, 4.69) is 13.0 Å². The molecule has 0 aromatic heterocycles. The predicted molar refractivity (Wildman–Crippen MR) is 98.0 cm³/mol. The van der Waals surface area contributed by atoms with Gasteiger partial charge < -0.3 is 4.74 Å². The Hall–Kier alpha value is -1.90. The van der Waals surface area contributed by atoms with Gasteiger partial charge in [-0.05, 0) is 66.8 Å². The van der Waals surface area contributed by atoms with E-state index in [0.29, 0.717) is 17.2 Å². The van der Waals surface area contributed by atoms with E-state index >= 15 is 0 Å². The number of hydrogen-bond donors (Lipinski definition) is 0. The molecule has 1 nitrogen and oxygen atoms in total. The molecule has 134 valence electrons. The molecule has 0 radical (unpaired) electrons. The summed E-state index contributed by atoms with van der Waals surface area (Å²) >= 11 is 0. The molecule has 1 aliphatic carbocycles. The third-order valence-corrected chi connectivity index (χ3v) is 5.39. The van der Waals surface area contributed by atoms with E-state index in [1.165, 1.54) is 38.5 Å². The maximum Gasteiger partial charge on any atom is 0.228 e. The normalized spacial score (nSPS) is 20.4. The Morgan fingerprint density at radius 1 is 1.00 bits per heavy atom. The summed E-state index contributed by atoms with van der Waals surface area (Å²) in [6, 6.07) is 12.5. The second kappa shape index (κ2) is 8.46. The average molecular weight is 344 g/mol. The highest BCUT2D eigenvalue weighted by atomic mass is 19.1. The lowest BCUT2D eigenvalue weighted by Crippen LogP contribution is -2.13. The van der Waals surface area contributed by atoms with E-state index in [4.69, 9.17) is 4.74 Å². The van der Waals surface area contributed by atoms with Crippen LogP contribution in [-0.4, -0.2) is 6.86 Å². The highest BCUT2D eigenvalue weighted by Crippen LogP contribution is 2.38. The summed E-state index contributed by atoms with van der Waals surface area (Å²) in [6.45, 7) is 1.39. The molecule has 0 atom stereocenters. The van der Waals surface area contributed by atoms with E-state index < -0.39 is 6.86 Å². The molecular weight excluding hydrogens is 318 g/mol. The van der Waals surface area contributed by atoms with Gasteiger partial charge in [0, 0.05) is 5.56 Å². The highest BCUT2D eigenvalue weighted by molar-refractivity contribution is 5.65. The Balaban J connectivity index is 1.71. The number of alkyl halides is 1. The summed E-state index contributed by atoms with van der Waals surface area (Å²) in [5.74, 6) is 1.60. The SMILES string of the molecule is CCCC1CCC(c2ccc(-c3ccc(OCF)cc3)c(F)c2)CC1. The van der Waals surface area contributed by atoms with Crippen LogP contribution in [0.1, 0.15) is 56.9 Å². The van der Waals surface area contributed by atoms with E-state index in [0.717, 1.165) is 17.0 Å². The van der Waals surface area contributed by atoms with Crippen molar-refractivity contribution in [1.82, 2.24) is 0 Å². The summed E-state index contributed by atoms with van der Waals surface area (Å²) < 4.78 is 31.6. The second-order valence-electron chi connectivity index (χ2n) is 7.02. The first kappa shape index (κ1) is 17.9. The van der Waals surface area contributed by atoms with Crippen LogP contribution in [0.5, 0.6) is 5.75 Å². The maximum absolute atomic E-state index is 14.6. The van der Waals surface area contributed by atoms with Gasteiger partial charge in [0.05, 0.1) is 0 Å². The summed E-state index contributed by atoms with van der Waals surface area (Å²) in [6.07, 6.45) is 7.43. The minimum absolute atomic E-state index is 0.188. The third-order valence-electron chi connectivity index (χ3n) is 5.39. The fourth-order valence-corrected chi connectivity index (χ4v) is 4.01. The van der Waals surface area contributed by atoms with Crippen LogP contribution in [0.3, 0.4) is 0 Å². The Morgan fingerprint density at radius 2 is 1.72 bits per heavy atom.